The summed E-state index contributed by atoms with van der Waals surface area (Å²) in [5.74, 6) is 1.02. The highest BCUT2D eigenvalue weighted by Gasteiger charge is 2.48. The Bertz CT molecular complexity index is 1110. The average molecular weight is 527 g/mol. The standard InChI is InChI=1S/C25H30F4N4O4/c1-17-2-3-19(30-23(35)33-5-4-24(26,16-33)15-25(27,28)29)14-20(17)18-12-21(32-6-9-36-10-7-32)31-22(13-18)37-11-8-34/h2-3,12-14,34H,4-11,15-16H2,1H3,(H,30,35)/t24-/m0/s1. The molecule has 0 spiro atoms. The fraction of sp³-hybridized carbons (Fsp3) is 0.520. The Labute approximate surface area is 212 Å². The number of nitrogens with zero attached hydrogens (tertiary/aromatic N) is 3. The van der Waals surface area contributed by atoms with Crippen LogP contribution in [0.3, 0.4) is 0 Å². The molecule has 1 aromatic carbocycles. The molecule has 202 valence electrons. The molecule has 3 heterocycles. The number of amides is 2. The third kappa shape index (κ3) is 7.01. The SMILES string of the molecule is Cc1ccc(NC(=O)N2CC[C@](F)(CC(F)(F)F)C2)cc1-c1cc(OCCO)nc(N2CCOCC2)c1. The Morgan fingerprint density at radius 2 is 1.97 bits per heavy atom. The number of benzene rings is 1. The molecule has 2 aliphatic rings. The first kappa shape index (κ1) is 26.9. The van der Waals surface area contributed by atoms with Crippen molar-refractivity contribution in [2.75, 3.05) is 62.8 Å². The lowest BCUT2D eigenvalue weighted by Crippen LogP contribution is -2.38. The number of carbonyl (C=O) groups excluding carboxylic acids is 1. The summed E-state index contributed by atoms with van der Waals surface area (Å²) < 4.78 is 63.8. The molecule has 2 fully saturated rings. The molecule has 2 saturated heterocycles. The van der Waals surface area contributed by atoms with Gasteiger partial charge in [-0.15, -0.1) is 0 Å². The number of aliphatic hydroxyl groups excluding tert-OH is 1. The Kier molecular flexibility index (Phi) is 8.08. The fourth-order valence-corrected chi connectivity index (χ4v) is 4.55. The first-order valence-electron chi connectivity index (χ1n) is 12.1. The predicted molar refractivity (Wildman–Crippen MR) is 130 cm³/mol. The van der Waals surface area contributed by atoms with Crippen LogP contribution in [0.25, 0.3) is 11.1 Å². The molecule has 0 bridgehead atoms. The Hall–Kier alpha value is -3.12. The molecule has 12 heteroatoms. The van der Waals surface area contributed by atoms with Gasteiger partial charge in [0.05, 0.1) is 32.8 Å². The molecule has 8 nitrogen and oxygen atoms in total. The van der Waals surface area contributed by atoms with Crippen molar-refractivity contribution in [1.29, 1.82) is 0 Å². The zero-order valence-corrected chi connectivity index (χ0v) is 20.5. The molecule has 2 aliphatic heterocycles. The normalized spacial score (nSPS) is 20.3. The molecule has 2 aromatic rings. The lowest BCUT2D eigenvalue weighted by atomic mass is 10.00. The largest absolute Gasteiger partial charge is 0.475 e. The van der Waals surface area contributed by atoms with E-state index in [2.05, 4.69) is 15.2 Å². The van der Waals surface area contributed by atoms with Crippen LogP contribution >= 0.6 is 0 Å². The summed E-state index contributed by atoms with van der Waals surface area (Å²) in [5, 5.41) is 11.9. The van der Waals surface area contributed by atoms with Crippen LogP contribution in [-0.4, -0.2) is 85.5 Å². The number of aromatic nitrogens is 1. The average Bonchev–Trinajstić information content (AvgIpc) is 3.24. The number of pyridine rings is 1. The van der Waals surface area contributed by atoms with Crippen LogP contribution in [0.4, 0.5) is 33.9 Å². The summed E-state index contributed by atoms with van der Waals surface area (Å²) >= 11 is 0. The molecular weight excluding hydrogens is 496 g/mol. The summed E-state index contributed by atoms with van der Waals surface area (Å²) in [6, 6.07) is 8.21. The smallest absolute Gasteiger partial charge is 0.392 e. The molecular formula is C25H30F4N4O4. The van der Waals surface area contributed by atoms with Crippen molar-refractivity contribution in [1.82, 2.24) is 9.88 Å². The van der Waals surface area contributed by atoms with Gasteiger partial charge in [-0.05, 0) is 41.8 Å². The van der Waals surface area contributed by atoms with E-state index in [-0.39, 0.29) is 26.2 Å². The van der Waals surface area contributed by atoms with Gasteiger partial charge < -0.3 is 29.7 Å². The first-order valence-corrected chi connectivity index (χ1v) is 12.1. The van der Waals surface area contributed by atoms with E-state index in [0.717, 1.165) is 21.6 Å². The maximum atomic E-state index is 14.6. The van der Waals surface area contributed by atoms with Crippen molar-refractivity contribution in [3.8, 4) is 17.0 Å². The summed E-state index contributed by atoms with van der Waals surface area (Å²) in [6.45, 7) is 3.55. The van der Waals surface area contributed by atoms with Gasteiger partial charge in [0.15, 0.2) is 0 Å². The van der Waals surface area contributed by atoms with E-state index in [0.29, 0.717) is 43.7 Å². The van der Waals surface area contributed by atoms with Gasteiger partial charge >= 0.3 is 12.2 Å². The number of anilines is 2. The number of alkyl halides is 4. The Morgan fingerprint density at radius 3 is 2.68 bits per heavy atom. The number of carbonyl (C=O) groups is 1. The maximum absolute atomic E-state index is 14.6. The van der Waals surface area contributed by atoms with Gasteiger partial charge in [-0.2, -0.15) is 18.2 Å². The quantitative estimate of drug-likeness (QED) is 0.527. The van der Waals surface area contributed by atoms with Gasteiger partial charge in [-0.1, -0.05) is 6.07 Å². The summed E-state index contributed by atoms with van der Waals surface area (Å²) in [6.07, 6.45) is -6.58. The van der Waals surface area contributed by atoms with E-state index in [1.807, 2.05) is 13.0 Å². The van der Waals surface area contributed by atoms with Gasteiger partial charge in [0, 0.05) is 37.8 Å². The van der Waals surface area contributed by atoms with Crippen molar-refractivity contribution < 1.29 is 36.9 Å². The van der Waals surface area contributed by atoms with Crippen LogP contribution in [0.2, 0.25) is 0 Å². The van der Waals surface area contributed by atoms with Gasteiger partial charge in [0.1, 0.15) is 18.1 Å². The van der Waals surface area contributed by atoms with E-state index in [9.17, 15) is 27.5 Å². The van der Waals surface area contributed by atoms with Crippen LogP contribution in [0.15, 0.2) is 30.3 Å². The molecule has 1 aromatic heterocycles. The number of ether oxygens (including phenoxy) is 2. The molecule has 4 rings (SSSR count). The van der Waals surface area contributed by atoms with Crippen molar-refractivity contribution >= 4 is 17.5 Å². The Balaban J connectivity index is 1.55. The van der Waals surface area contributed by atoms with Crippen LogP contribution in [-0.2, 0) is 4.74 Å². The van der Waals surface area contributed by atoms with E-state index < -0.39 is 30.8 Å². The number of morpholine rings is 1. The van der Waals surface area contributed by atoms with E-state index >= 15 is 0 Å². The molecule has 0 aliphatic carbocycles. The first-order chi connectivity index (χ1) is 17.5. The highest BCUT2D eigenvalue weighted by molar-refractivity contribution is 5.91. The lowest BCUT2D eigenvalue weighted by Gasteiger charge is -2.28. The summed E-state index contributed by atoms with van der Waals surface area (Å²) in [5.41, 5.74) is 0.389. The van der Waals surface area contributed by atoms with Crippen molar-refractivity contribution in [3.63, 3.8) is 0 Å². The number of rotatable bonds is 7. The third-order valence-electron chi connectivity index (χ3n) is 6.37. The van der Waals surface area contributed by atoms with Gasteiger partial charge in [-0.25, -0.2) is 9.18 Å². The van der Waals surface area contributed by atoms with Gasteiger partial charge in [-0.3, -0.25) is 0 Å². The highest BCUT2D eigenvalue weighted by Crippen LogP contribution is 2.37. The van der Waals surface area contributed by atoms with Crippen molar-refractivity contribution in [3.05, 3.63) is 35.9 Å². The molecule has 2 amide bonds. The number of hydrogen-bond acceptors (Lipinski definition) is 6. The zero-order valence-electron chi connectivity index (χ0n) is 20.5. The molecule has 0 saturated carbocycles. The van der Waals surface area contributed by atoms with E-state index in [1.54, 1.807) is 24.3 Å². The number of hydrogen-bond donors (Lipinski definition) is 2. The predicted octanol–water partition coefficient (Wildman–Crippen LogP) is 4.16. The minimum absolute atomic E-state index is 0.0777. The van der Waals surface area contributed by atoms with E-state index in [4.69, 9.17) is 9.47 Å². The Morgan fingerprint density at radius 1 is 1.22 bits per heavy atom. The number of likely N-dealkylation sites (tertiary alicyclic amines) is 1. The highest BCUT2D eigenvalue weighted by atomic mass is 19.4. The number of urea groups is 1. The number of aliphatic hydroxyl groups is 1. The second-order valence-corrected chi connectivity index (χ2v) is 9.30. The lowest BCUT2D eigenvalue weighted by molar-refractivity contribution is -0.159. The van der Waals surface area contributed by atoms with Crippen LogP contribution < -0.4 is 15.0 Å². The molecule has 0 unspecified atom stereocenters. The number of aryl methyl sites for hydroxylation is 1. The van der Waals surface area contributed by atoms with Crippen molar-refractivity contribution in [2.24, 2.45) is 0 Å². The maximum Gasteiger partial charge on any atom is 0.392 e. The molecule has 1 atom stereocenters. The number of nitrogens with one attached hydrogen (secondary N) is 1. The van der Waals surface area contributed by atoms with E-state index in [1.165, 1.54) is 0 Å². The topological polar surface area (TPSA) is 87.2 Å². The minimum Gasteiger partial charge on any atom is -0.475 e. The fourth-order valence-electron chi connectivity index (χ4n) is 4.55. The zero-order chi connectivity index (χ0) is 26.6. The second kappa shape index (κ2) is 11.1. The van der Waals surface area contributed by atoms with Crippen LogP contribution in [0, 0.1) is 6.92 Å². The minimum atomic E-state index is -4.64. The third-order valence-corrected chi connectivity index (χ3v) is 6.37. The molecule has 2 N–H and O–H groups in total. The molecule has 37 heavy (non-hydrogen) atoms. The monoisotopic (exact) mass is 526 g/mol. The van der Waals surface area contributed by atoms with Crippen LogP contribution in [0.5, 0.6) is 5.88 Å². The van der Waals surface area contributed by atoms with Crippen LogP contribution in [0.1, 0.15) is 18.4 Å². The second-order valence-electron chi connectivity index (χ2n) is 9.30. The molecule has 0 radical (unpaired) electrons. The summed E-state index contributed by atoms with van der Waals surface area (Å²) in [7, 11) is 0. The van der Waals surface area contributed by atoms with Gasteiger partial charge in [0.2, 0.25) is 5.88 Å². The van der Waals surface area contributed by atoms with Gasteiger partial charge in [0.25, 0.3) is 0 Å². The van der Waals surface area contributed by atoms with Crippen molar-refractivity contribution in [2.45, 2.75) is 31.6 Å². The summed E-state index contributed by atoms with van der Waals surface area (Å²) in [4.78, 5) is 20.4. The number of halogens is 4.